The number of hydrogen-bond donors (Lipinski definition) is 0. The molecule has 0 spiro atoms. The van der Waals surface area contributed by atoms with Crippen molar-refractivity contribution in [3.8, 4) is 33.4 Å². The Bertz CT molecular complexity index is 2590. The molecule has 0 aliphatic heterocycles. The van der Waals surface area contributed by atoms with Gasteiger partial charge in [-0.3, -0.25) is 0 Å². The molecule has 4 aliphatic carbocycles. The molecule has 0 N–H and O–H groups in total. The molecule has 0 saturated heterocycles. The van der Waals surface area contributed by atoms with Crippen LogP contribution in [0.25, 0.3) is 44.2 Å². The number of fused-ring (bicyclic) bond motifs is 6. The van der Waals surface area contributed by atoms with Gasteiger partial charge in [0.15, 0.2) is 0 Å². The summed E-state index contributed by atoms with van der Waals surface area (Å²) in [7, 11) is 0. The molecule has 7 aromatic carbocycles. The van der Waals surface area contributed by atoms with Gasteiger partial charge < -0.3 is 4.90 Å². The largest absolute Gasteiger partial charge is 0.310 e. The van der Waals surface area contributed by atoms with Gasteiger partial charge in [-0.05, 0) is 153 Å². The van der Waals surface area contributed by atoms with Crippen molar-refractivity contribution >= 4 is 27.8 Å². The first kappa shape index (κ1) is 34.8. The monoisotopic (exact) mass is 739 g/mol. The second kappa shape index (κ2) is 13.9. The van der Waals surface area contributed by atoms with Crippen LogP contribution in [0.3, 0.4) is 0 Å². The fourth-order valence-corrected chi connectivity index (χ4v) is 11.7. The van der Waals surface area contributed by atoms with Gasteiger partial charge >= 0.3 is 0 Å². The van der Waals surface area contributed by atoms with Crippen molar-refractivity contribution in [3.05, 3.63) is 174 Å². The molecule has 3 unspecified atom stereocenters. The van der Waals surface area contributed by atoms with E-state index in [1.807, 2.05) is 0 Å². The third-order valence-corrected chi connectivity index (χ3v) is 14.7. The van der Waals surface area contributed by atoms with Gasteiger partial charge in [0, 0.05) is 16.7 Å². The van der Waals surface area contributed by atoms with Crippen molar-refractivity contribution in [2.75, 3.05) is 4.90 Å². The van der Waals surface area contributed by atoms with Crippen molar-refractivity contribution in [3.63, 3.8) is 0 Å². The van der Waals surface area contributed by atoms with Crippen molar-refractivity contribution < 1.29 is 0 Å². The van der Waals surface area contributed by atoms with E-state index in [0.29, 0.717) is 11.8 Å². The van der Waals surface area contributed by atoms with Gasteiger partial charge in [-0.15, -0.1) is 0 Å². The van der Waals surface area contributed by atoms with E-state index < -0.39 is 0 Å². The van der Waals surface area contributed by atoms with Crippen molar-refractivity contribution in [1.29, 1.82) is 0 Å². The van der Waals surface area contributed by atoms with E-state index in [1.54, 1.807) is 5.56 Å². The van der Waals surface area contributed by atoms with Crippen molar-refractivity contribution in [2.45, 2.75) is 88.9 Å². The Morgan fingerprint density at radius 3 is 1.91 bits per heavy atom. The summed E-state index contributed by atoms with van der Waals surface area (Å²) in [5.41, 5.74) is 17.3. The summed E-state index contributed by atoms with van der Waals surface area (Å²) in [6, 6.07) is 58.4. The molecule has 57 heavy (non-hydrogen) atoms. The van der Waals surface area contributed by atoms with Crippen LogP contribution in [-0.4, -0.2) is 0 Å². The molecule has 0 amide bonds. The summed E-state index contributed by atoms with van der Waals surface area (Å²) in [5.74, 6) is 3.04. The third-order valence-electron chi connectivity index (χ3n) is 14.7. The minimum atomic E-state index is -0.122. The Hall–Kier alpha value is -5.40. The maximum atomic E-state index is 2.68. The lowest BCUT2D eigenvalue weighted by molar-refractivity contribution is 0.420. The Balaban J connectivity index is 1.16. The van der Waals surface area contributed by atoms with Gasteiger partial charge in [0.25, 0.3) is 0 Å². The van der Waals surface area contributed by atoms with Crippen molar-refractivity contribution in [2.24, 2.45) is 11.8 Å². The average Bonchev–Trinajstić information content (AvgIpc) is 3.97. The number of hydrogen-bond acceptors (Lipinski definition) is 1. The number of nitrogens with zero attached hydrogens (tertiary/aromatic N) is 1. The lowest BCUT2D eigenvalue weighted by Gasteiger charge is -2.34. The van der Waals surface area contributed by atoms with Crippen LogP contribution in [0.5, 0.6) is 0 Å². The molecule has 7 aromatic rings. The lowest BCUT2D eigenvalue weighted by atomic mass is 9.80. The number of rotatable bonds is 7. The van der Waals surface area contributed by atoms with Crippen LogP contribution in [-0.2, 0) is 5.41 Å². The highest BCUT2D eigenvalue weighted by atomic mass is 15.1. The molecule has 11 rings (SSSR count). The zero-order valence-electron chi connectivity index (χ0n) is 33.6. The first-order valence-electron chi connectivity index (χ1n) is 21.9. The zero-order valence-corrected chi connectivity index (χ0v) is 33.6. The Kier molecular flexibility index (Phi) is 8.50. The molecular weight excluding hydrogens is 687 g/mol. The van der Waals surface area contributed by atoms with Crippen molar-refractivity contribution in [1.82, 2.24) is 0 Å². The summed E-state index contributed by atoms with van der Waals surface area (Å²) in [6.07, 6.45) is 12.1. The summed E-state index contributed by atoms with van der Waals surface area (Å²) < 4.78 is 0. The zero-order chi connectivity index (χ0) is 38.1. The molecule has 0 aromatic heterocycles. The van der Waals surface area contributed by atoms with Gasteiger partial charge in [-0.2, -0.15) is 0 Å². The predicted molar refractivity (Wildman–Crippen MR) is 241 cm³/mol. The summed E-state index contributed by atoms with van der Waals surface area (Å²) in [6.45, 7) is 4.85. The summed E-state index contributed by atoms with van der Waals surface area (Å²) in [4.78, 5) is 2.68. The Morgan fingerprint density at radius 2 is 1.18 bits per heavy atom. The SMILES string of the molecule is CC1(C)c2ccccc2-c2cc(-c3ccc(-c4ccccc4)cc3)c(N(c3ccc(C4CC5CCC4C5)cc3)c3cc4ccccc4cc3C3CCCCC3)cc21. The molecule has 0 radical (unpaired) electrons. The fraction of sp³-hybridized carbons (Fsp3) is 0.286. The molecule has 0 heterocycles. The lowest BCUT2D eigenvalue weighted by Crippen LogP contribution is -2.19. The topological polar surface area (TPSA) is 3.24 Å². The van der Waals surface area contributed by atoms with Crippen LogP contribution in [0.2, 0.25) is 0 Å². The van der Waals surface area contributed by atoms with Gasteiger partial charge in [0.1, 0.15) is 0 Å². The molecule has 3 atom stereocenters. The normalized spacial score (nSPS) is 20.8. The molecule has 2 bridgehead atoms. The van der Waals surface area contributed by atoms with Crippen LogP contribution < -0.4 is 4.90 Å². The van der Waals surface area contributed by atoms with Crippen LogP contribution in [0.4, 0.5) is 17.1 Å². The highest BCUT2D eigenvalue weighted by Crippen LogP contribution is 2.56. The Morgan fingerprint density at radius 1 is 0.491 bits per heavy atom. The van der Waals surface area contributed by atoms with Gasteiger partial charge in [0.05, 0.1) is 11.4 Å². The number of anilines is 3. The van der Waals surface area contributed by atoms with E-state index in [4.69, 9.17) is 0 Å². The van der Waals surface area contributed by atoms with E-state index in [0.717, 1.165) is 11.8 Å². The fourth-order valence-electron chi connectivity index (χ4n) is 11.7. The maximum Gasteiger partial charge on any atom is 0.0543 e. The van der Waals surface area contributed by atoms with E-state index in [2.05, 4.69) is 170 Å². The van der Waals surface area contributed by atoms with E-state index in [1.165, 1.54) is 136 Å². The first-order valence-corrected chi connectivity index (χ1v) is 21.9. The molecule has 282 valence electrons. The Labute approximate surface area is 339 Å². The quantitative estimate of drug-likeness (QED) is 0.157. The average molecular weight is 740 g/mol. The van der Waals surface area contributed by atoms with Gasteiger partial charge in [0.2, 0.25) is 0 Å². The van der Waals surface area contributed by atoms with Crippen LogP contribution in [0.1, 0.15) is 106 Å². The van der Waals surface area contributed by atoms with Gasteiger partial charge in [-0.1, -0.05) is 155 Å². The minimum absolute atomic E-state index is 0.122. The van der Waals surface area contributed by atoms with Gasteiger partial charge in [-0.25, -0.2) is 0 Å². The second-order valence-electron chi connectivity index (χ2n) is 18.3. The molecule has 1 nitrogen and oxygen atoms in total. The third kappa shape index (κ3) is 5.96. The second-order valence-corrected chi connectivity index (χ2v) is 18.3. The maximum absolute atomic E-state index is 2.68. The number of benzene rings is 7. The summed E-state index contributed by atoms with van der Waals surface area (Å²) >= 11 is 0. The minimum Gasteiger partial charge on any atom is -0.310 e. The van der Waals surface area contributed by atoms with Crippen LogP contribution in [0.15, 0.2) is 152 Å². The molecule has 1 heteroatoms. The summed E-state index contributed by atoms with van der Waals surface area (Å²) in [5, 5.41) is 2.65. The molecule has 4 aliphatic rings. The van der Waals surface area contributed by atoms with E-state index in [-0.39, 0.29) is 5.41 Å². The standard InChI is InChI=1S/C56H53N/c1-56(2)52-20-12-11-19-47(52)51-35-50(42-25-23-39(24-26-42)38-13-5-3-6-14-38)55(36-53(51)56)57(46-29-27-41(28-30-46)48-32-37-21-22-45(48)31-37)54-34-44-18-10-9-17-43(44)33-49(54)40-15-7-4-8-16-40/h3,5-6,9-14,17-20,23-30,33-37,40,45,48H,4,7-8,15-16,21-22,31-32H2,1-2H3. The smallest absolute Gasteiger partial charge is 0.0543 e. The van der Waals surface area contributed by atoms with E-state index in [9.17, 15) is 0 Å². The predicted octanol–water partition coefficient (Wildman–Crippen LogP) is 15.9. The van der Waals surface area contributed by atoms with Crippen LogP contribution >= 0.6 is 0 Å². The highest BCUT2D eigenvalue weighted by molar-refractivity contribution is 5.98. The molecule has 3 saturated carbocycles. The van der Waals surface area contributed by atoms with Crippen LogP contribution in [0, 0.1) is 11.8 Å². The van der Waals surface area contributed by atoms with E-state index >= 15 is 0 Å². The molecular formula is C56H53N. The highest BCUT2D eigenvalue weighted by Gasteiger charge is 2.41. The molecule has 3 fully saturated rings. The first-order chi connectivity index (χ1) is 28.0.